The molecule has 0 bridgehead atoms. The van der Waals surface area contributed by atoms with Crippen LogP contribution in [0.5, 0.6) is 0 Å². The molecule has 2 rings (SSSR count). The maximum Gasteiger partial charge on any atom is 0.416 e. The number of aliphatic imine (C=N–C) groups is 1. The van der Waals surface area contributed by atoms with Crippen molar-refractivity contribution in [3.05, 3.63) is 35.4 Å². The maximum atomic E-state index is 12.9. The van der Waals surface area contributed by atoms with Gasteiger partial charge in [-0.3, -0.25) is 14.7 Å². The molecule has 3 N–H and O–H groups in total. The lowest BCUT2D eigenvalue weighted by Crippen LogP contribution is -2.43. The van der Waals surface area contributed by atoms with Crippen LogP contribution in [0.4, 0.5) is 18.0 Å². The number of halogens is 4. The first-order valence-electron chi connectivity index (χ1n) is 9.50. The summed E-state index contributed by atoms with van der Waals surface area (Å²) < 4.78 is 38.6. The molecular formula is C19H27F3IN5O2. The summed E-state index contributed by atoms with van der Waals surface area (Å²) in [6, 6.07) is 4.93. The number of carbonyl (C=O) groups is 2. The zero-order valence-corrected chi connectivity index (χ0v) is 19.2. The van der Waals surface area contributed by atoms with Gasteiger partial charge in [0.15, 0.2) is 5.96 Å². The highest BCUT2D eigenvalue weighted by Gasteiger charge is 2.30. The van der Waals surface area contributed by atoms with Crippen LogP contribution in [0.3, 0.4) is 0 Å². The lowest BCUT2D eigenvalue weighted by Gasteiger charge is -2.16. The van der Waals surface area contributed by atoms with Crippen LogP contribution in [0.2, 0.25) is 0 Å². The second-order valence-corrected chi connectivity index (χ2v) is 6.70. The van der Waals surface area contributed by atoms with Crippen molar-refractivity contribution in [3.63, 3.8) is 0 Å². The van der Waals surface area contributed by atoms with E-state index in [0.29, 0.717) is 37.6 Å². The Balaban J connectivity index is 0.00000450. The van der Waals surface area contributed by atoms with Crippen molar-refractivity contribution >= 4 is 41.9 Å². The van der Waals surface area contributed by atoms with Gasteiger partial charge in [-0.1, -0.05) is 25.1 Å². The van der Waals surface area contributed by atoms with E-state index in [9.17, 15) is 22.8 Å². The fraction of sp³-hybridized carbons (Fsp3) is 0.526. The Kier molecular flexibility index (Phi) is 10.4. The third-order valence-electron chi connectivity index (χ3n) is 4.52. The molecule has 7 nitrogen and oxygen atoms in total. The molecule has 1 atom stereocenters. The van der Waals surface area contributed by atoms with Crippen LogP contribution in [-0.4, -0.2) is 55.5 Å². The van der Waals surface area contributed by atoms with E-state index in [1.165, 1.54) is 12.1 Å². The van der Waals surface area contributed by atoms with Crippen molar-refractivity contribution in [3.8, 4) is 0 Å². The zero-order valence-electron chi connectivity index (χ0n) is 16.9. The predicted octanol–water partition coefficient (Wildman–Crippen LogP) is 2.92. The Bertz CT molecular complexity index is 742. The van der Waals surface area contributed by atoms with Gasteiger partial charge >= 0.3 is 12.2 Å². The highest BCUT2D eigenvalue weighted by Crippen LogP contribution is 2.31. The number of hydrogen-bond acceptors (Lipinski definition) is 3. The molecule has 30 heavy (non-hydrogen) atoms. The Morgan fingerprint density at radius 3 is 2.63 bits per heavy atom. The quantitative estimate of drug-likeness (QED) is 0.205. The van der Waals surface area contributed by atoms with E-state index in [1.54, 1.807) is 6.07 Å². The second-order valence-electron chi connectivity index (χ2n) is 6.70. The van der Waals surface area contributed by atoms with Crippen LogP contribution in [-0.2, 0) is 11.0 Å². The number of guanidine groups is 1. The van der Waals surface area contributed by atoms with Crippen molar-refractivity contribution < 1.29 is 22.8 Å². The number of benzene rings is 1. The Morgan fingerprint density at radius 1 is 1.30 bits per heavy atom. The van der Waals surface area contributed by atoms with Gasteiger partial charge in [-0.2, -0.15) is 13.2 Å². The number of rotatable bonds is 8. The molecule has 0 spiro atoms. The molecule has 0 aromatic heterocycles. The number of nitrogens with zero attached hydrogens (tertiary/aromatic N) is 2. The zero-order chi connectivity index (χ0) is 21.4. The Hall–Kier alpha value is -2.05. The third-order valence-corrected chi connectivity index (χ3v) is 4.52. The van der Waals surface area contributed by atoms with Crippen LogP contribution < -0.4 is 16.0 Å². The first-order chi connectivity index (χ1) is 13.7. The van der Waals surface area contributed by atoms with Crippen LogP contribution in [0.15, 0.2) is 29.3 Å². The van der Waals surface area contributed by atoms with Crippen molar-refractivity contribution in [1.29, 1.82) is 0 Å². The standard InChI is InChI=1S/C19H26F3N5O2.HI/c1-3-23-17(25-9-10-27-16(28)12-26-18(27)29)24-8-7-13(2)14-5-4-6-15(11-14)19(20,21)22;/h4-6,11,13H,3,7-10,12H2,1-2H3,(H,26,29)(H2,23,24,25);1H. The average Bonchev–Trinajstić information content (AvgIpc) is 2.99. The SMILES string of the molecule is CCNC(=NCCC(C)c1cccc(C(F)(F)F)c1)NCCN1C(=O)CNC1=O.I. The van der Waals surface area contributed by atoms with Gasteiger partial charge in [0.25, 0.3) is 0 Å². The first-order valence-corrected chi connectivity index (χ1v) is 9.50. The minimum absolute atomic E-state index is 0. The molecule has 0 radical (unpaired) electrons. The van der Waals surface area contributed by atoms with Crippen LogP contribution in [0.25, 0.3) is 0 Å². The molecular weight excluding hydrogens is 514 g/mol. The van der Waals surface area contributed by atoms with Gasteiger partial charge in [-0.25, -0.2) is 4.79 Å². The fourth-order valence-electron chi connectivity index (χ4n) is 2.87. The Labute approximate surface area is 190 Å². The number of imide groups is 1. The summed E-state index contributed by atoms with van der Waals surface area (Å²) in [5.41, 5.74) is -0.0348. The number of carbonyl (C=O) groups excluding carboxylic acids is 2. The van der Waals surface area contributed by atoms with E-state index in [2.05, 4.69) is 20.9 Å². The summed E-state index contributed by atoms with van der Waals surface area (Å²) in [7, 11) is 0. The van der Waals surface area contributed by atoms with Crippen LogP contribution in [0, 0.1) is 0 Å². The smallest absolute Gasteiger partial charge is 0.357 e. The predicted molar refractivity (Wildman–Crippen MR) is 119 cm³/mol. The van der Waals surface area contributed by atoms with E-state index >= 15 is 0 Å². The van der Waals surface area contributed by atoms with Crippen molar-refractivity contribution in [2.75, 3.05) is 32.7 Å². The first kappa shape index (κ1) is 26.0. The summed E-state index contributed by atoms with van der Waals surface area (Å²) in [6.45, 7) is 5.38. The molecule has 1 unspecified atom stereocenters. The molecule has 1 saturated heterocycles. The van der Waals surface area contributed by atoms with Gasteiger partial charge in [0.05, 0.1) is 12.1 Å². The highest BCUT2D eigenvalue weighted by molar-refractivity contribution is 14.0. The normalized spacial score (nSPS) is 15.5. The molecule has 1 aromatic carbocycles. The van der Waals surface area contributed by atoms with Crippen molar-refractivity contribution in [2.24, 2.45) is 4.99 Å². The number of alkyl halides is 3. The van der Waals surface area contributed by atoms with Gasteiger partial charge in [-0.05, 0) is 30.9 Å². The van der Waals surface area contributed by atoms with Crippen molar-refractivity contribution in [2.45, 2.75) is 32.4 Å². The summed E-state index contributed by atoms with van der Waals surface area (Å²) in [6.07, 6.45) is -3.78. The molecule has 168 valence electrons. The van der Waals surface area contributed by atoms with E-state index in [-0.39, 0.29) is 48.9 Å². The maximum absolute atomic E-state index is 12.9. The average molecular weight is 541 g/mol. The molecule has 3 amide bonds. The molecule has 11 heteroatoms. The van der Waals surface area contributed by atoms with Gasteiger partial charge in [-0.15, -0.1) is 24.0 Å². The van der Waals surface area contributed by atoms with Gasteiger partial charge in [0.2, 0.25) is 5.91 Å². The molecule has 1 heterocycles. The second kappa shape index (κ2) is 12.0. The molecule has 0 aliphatic carbocycles. The summed E-state index contributed by atoms with van der Waals surface area (Å²) in [5.74, 6) is 0.166. The number of urea groups is 1. The third kappa shape index (κ3) is 7.65. The van der Waals surface area contributed by atoms with E-state index in [0.717, 1.165) is 11.0 Å². The summed E-state index contributed by atoms with van der Waals surface area (Å²) in [5, 5.41) is 8.56. The van der Waals surface area contributed by atoms with Crippen molar-refractivity contribution in [1.82, 2.24) is 20.9 Å². The van der Waals surface area contributed by atoms with Crippen LogP contribution >= 0.6 is 24.0 Å². The van der Waals surface area contributed by atoms with Gasteiger partial charge in [0.1, 0.15) is 0 Å². The highest BCUT2D eigenvalue weighted by atomic mass is 127. The van der Waals surface area contributed by atoms with Gasteiger partial charge < -0.3 is 16.0 Å². The monoisotopic (exact) mass is 541 g/mol. The fourth-order valence-corrected chi connectivity index (χ4v) is 2.87. The minimum atomic E-state index is -4.36. The minimum Gasteiger partial charge on any atom is -0.357 e. The van der Waals surface area contributed by atoms with E-state index in [1.807, 2.05) is 13.8 Å². The molecule has 1 aromatic rings. The number of hydrogen-bond donors (Lipinski definition) is 3. The van der Waals surface area contributed by atoms with Gasteiger partial charge in [0, 0.05) is 26.2 Å². The summed E-state index contributed by atoms with van der Waals surface area (Å²) in [4.78, 5) is 28.6. The molecule has 1 aliphatic rings. The largest absolute Gasteiger partial charge is 0.416 e. The van der Waals surface area contributed by atoms with E-state index in [4.69, 9.17) is 0 Å². The molecule has 1 fully saturated rings. The van der Waals surface area contributed by atoms with E-state index < -0.39 is 17.8 Å². The lowest BCUT2D eigenvalue weighted by atomic mass is 9.96. The topological polar surface area (TPSA) is 85.8 Å². The summed E-state index contributed by atoms with van der Waals surface area (Å²) >= 11 is 0. The Morgan fingerprint density at radius 2 is 2.03 bits per heavy atom. The number of amides is 3. The lowest BCUT2D eigenvalue weighted by molar-refractivity contribution is -0.137. The van der Waals surface area contributed by atoms with Crippen LogP contribution in [0.1, 0.15) is 37.3 Å². The number of nitrogens with one attached hydrogen (secondary N) is 3. The molecule has 1 aliphatic heterocycles. The molecule has 0 saturated carbocycles.